The van der Waals surface area contributed by atoms with Crippen LogP contribution in [0.25, 0.3) is 0 Å². The quantitative estimate of drug-likeness (QED) is 0.825. The third kappa shape index (κ3) is 4.39. The van der Waals surface area contributed by atoms with Crippen LogP contribution >= 0.6 is 0 Å². The lowest BCUT2D eigenvalue weighted by Crippen LogP contribution is -2.33. The molecule has 1 N–H and O–H groups in total. The van der Waals surface area contributed by atoms with Crippen LogP contribution in [0.1, 0.15) is 36.7 Å². The molecule has 0 spiro atoms. The normalized spacial score (nSPS) is 13.0. The van der Waals surface area contributed by atoms with Crippen molar-refractivity contribution < 1.29 is 19.1 Å². The first-order valence-corrected chi connectivity index (χ1v) is 9.22. The van der Waals surface area contributed by atoms with Crippen LogP contribution in [0.15, 0.2) is 48.5 Å². The zero-order chi connectivity index (χ0) is 20.3. The first-order chi connectivity index (χ1) is 13.3. The number of nitrogens with one attached hydrogen (secondary N) is 1. The molecule has 0 saturated heterocycles. The number of esters is 1. The Morgan fingerprint density at radius 3 is 2.57 bits per heavy atom. The maximum Gasteiger partial charge on any atom is 0.338 e. The van der Waals surface area contributed by atoms with Gasteiger partial charge >= 0.3 is 5.97 Å². The van der Waals surface area contributed by atoms with Gasteiger partial charge in [-0.05, 0) is 36.2 Å². The van der Waals surface area contributed by atoms with Crippen molar-refractivity contribution in [2.45, 2.75) is 27.2 Å². The summed E-state index contributed by atoms with van der Waals surface area (Å²) < 4.78 is 5.20. The van der Waals surface area contributed by atoms with Crippen LogP contribution in [0.2, 0.25) is 0 Å². The molecule has 0 bridgehead atoms. The van der Waals surface area contributed by atoms with Crippen molar-refractivity contribution in [1.29, 1.82) is 0 Å². The van der Waals surface area contributed by atoms with Gasteiger partial charge in [-0.3, -0.25) is 9.59 Å². The Morgan fingerprint density at radius 1 is 1.07 bits per heavy atom. The van der Waals surface area contributed by atoms with E-state index in [1.54, 1.807) is 29.2 Å². The Kier molecular flexibility index (Phi) is 5.49. The summed E-state index contributed by atoms with van der Waals surface area (Å²) in [4.78, 5) is 38.5. The molecule has 1 aliphatic heterocycles. The molecule has 0 aliphatic carbocycles. The minimum atomic E-state index is -0.604. The fourth-order valence-electron chi connectivity index (χ4n) is 2.93. The molecular formula is C22H24N2O4. The van der Waals surface area contributed by atoms with E-state index in [4.69, 9.17) is 4.74 Å². The zero-order valence-electron chi connectivity index (χ0n) is 16.3. The Labute approximate surface area is 164 Å². The van der Waals surface area contributed by atoms with Gasteiger partial charge in [0.25, 0.3) is 5.91 Å². The second kappa shape index (κ2) is 7.84. The van der Waals surface area contributed by atoms with Gasteiger partial charge in [-0.15, -0.1) is 0 Å². The largest absolute Gasteiger partial charge is 0.452 e. The van der Waals surface area contributed by atoms with Gasteiger partial charge in [0, 0.05) is 23.3 Å². The molecule has 0 aromatic heterocycles. The predicted molar refractivity (Wildman–Crippen MR) is 107 cm³/mol. The van der Waals surface area contributed by atoms with Gasteiger partial charge in [-0.1, -0.05) is 45.0 Å². The molecule has 3 rings (SSSR count). The van der Waals surface area contributed by atoms with E-state index in [9.17, 15) is 14.4 Å². The summed E-state index contributed by atoms with van der Waals surface area (Å²) in [5, 5.41) is 2.78. The lowest BCUT2D eigenvalue weighted by atomic mass is 9.95. The number of hydrogen-bond donors (Lipinski definition) is 1. The highest BCUT2D eigenvalue weighted by atomic mass is 16.5. The van der Waals surface area contributed by atoms with Crippen molar-refractivity contribution >= 4 is 29.2 Å². The van der Waals surface area contributed by atoms with Crippen LogP contribution in [0.3, 0.4) is 0 Å². The highest BCUT2D eigenvalue weighted by Crippen LogP contribution is 2.27. The van der Waals surface area contributed by atoms with E-state index < -0.39 is 11.4 Å². The number of carbonyl (C=O) groups excluding carboxylic acids is 3. The van der Waals surface area contributed by atoms with Crippen LogP contribution in [-0.2, 0) is 20.7 Å². The summed E-state index contributed by atoms with van der Waals surface area (Å²) in [6.07, 6.45) is 0.797. The van der Waals surface area contributed by atoms with Gasteiger partial charge in [-0.25, -0.2) is 4.79 Å². The molecule has 6 heteroatoms. The third-order valence-corrected chi connectivity index (χ3v) is 4.55. The van der Waals surface area contributed by atoms with Crippen LogP contribution in [-0.4, -0.2) is 30.9 Å². The van der Waals surface area contributed by atoms with Crippen LogP contribution in [0.5, 0.6) is 0 Å². The third-order valence-electron chi connectivity index (χ3n) is 4.55. The number of carbonyl (C=O) groups is 3. The van der Waals surface area contributed by atoms with Gasteiger partial charge in [0.15, 0.2) is 6.61 Å². The molecule has 0 fully saturated rings. The van der Waals surface area contributed by atoms with Crippen molar-refractivity contribution in [1.82, 2.24) is 0 Å². The maximum absolute atomic E-state index is 12.5. The average molecular weight is 380 g/mol. The molecule has 1 aliphatic rings. The molecule has 0 atom stereocenters. The van der Waals surface area contributed by atoms with E-state index in [0.29, 0.717) is 12.2 Å². The molecule has 146 valence electrons. The van der Waals surface area contributed by atoms with Crippen LogP contribution < -0.4 is 10.2 Å². The Hall–Kier alpha value is -3.15. The number of fused-ring (bicyclic) bond motifs is 1. The summed E-state index contributed by atoms with van der Waals surface area (Å²) >= 11 is 0. The molecule has 28 heavy (non-hydrogen) atoms. The molecular weight excluding hydrogens is 356 g/mol. The lowest BCUT2D eigenvalue weighted by Gasteiger charge is -2.18. The topological polar surface area (TPSA) is 75.7 Å². The molecule has 2 aromatic carbocycles. The summed E-state index contributed by atoms with van der Waals surface area (Å²) in [6.45, 7) is 5.68. The monoisotopic (exact) mass is 380 g/mol. The summed E-state index contributed by atoms with van der Waals surface area (Å²) in [5.74, 6) is -1.01. The zero-order valence-corrected chi connectivity index (χ0v) is 16.3. The van der Waals surface area contributed by atoms with Crippen LogP contribution in [0, 0.1) is 5.41 Å². The van der Waals surface area contributed by atoms with Crippen molar-refractivity contribution in [3.63, 3.8) is 0 Å². The van der Waals surface area contributed by atoms with E-state index in [1.807, 2.05) is 45.0 Å². The second-order valence-corrected chi connectivity index (χ2v) is 7.79. The maximum atomic E-state index is 12.5. The average Bonchev–Trinajstić information content (AvgIpc) is 3.09. The first-order valence-electron chi connectivity index (χ1n) is 9.22. The number of benzene rings is 2. The van der Waals surface area contributed by atoms with E-state index >= 15 is 0 Å². The number of nitrogens with zero attached hydrogens (tertiary/aromatic N) is 1. The smallest absolute Gasteiger partial charge is 0.338 e. The number of anilines is 2. The standard InChI is InChI=1S/C22H24N2O4/c1-22(2,3)21(27)23-17-9-6-8-16(13-17)20(26)28-14-19(25)24-12-11-15-7-4-5-10-18(15)24/h4-10,13H,11-12,14H2,1-3H3,(H,23,27). The Balaban J connectivity index is 1.60. The number of ether oxygens (including phenoxy) is 1. The minimum absolute atomic E-state index is 0.152. The van der Waals surface area contributed by atoms with Gasteiger partial charge < -0.3 is 15.0 Å². The number of hydrogen-bond acceptors (Lipinski definition) is 4. The van der Waals surface area contributed by atoms with Crippen molar-refractivity contribution in [2.24, 2.45) is 5.41 Å². The van der Waals surface area contributed by atoms with E-state index in [0.717, 1.165) is 17.7 Å². The van der Waals surface area contributed by atoms with Gasteiger partial charge in [0.1, 0.15) is 0 Å². The molecule has 1 heterocycles. The molecule has 6 nitrogen and oxygen atoms in total. The lowest BCUT2D eigenvalue weighted by molar-refractivity contribution is -0.123. The minimum Gasteiger partial charge on any atom is -0.452 e. The summed E-state index contributed by atoms with van der Waals surface area (Å²) in [5.41, 5.74) is 2.23. The number of para-hydroxylation sites is 1. The van der Waals surface area contributed by atoms with Crippen LogP contribution in [0.4, 0.5) is 11.4 Å². The molecule has 2 aromatic rings. The number of rotatable bonds is 4. The highest BCUT2D eigenvalue weighted by Gasteiger charge is 2.25. The molecule has 0 unspecified atom stereocenters. The molecule has 0 radical (unpaired) electrons. The van der Waals surface area contributed by atoms with Gasteiger partial charge in [0.2, 0.25) is 5.91 Å². The highest BCUT2D eigenvalue weighted by molar-refractivity contribution is 5.99. The molecule has 0 saturated carbocycles. The fourth-order valence-corrected chi connectivity index (χ4v) is 2.93. The first kappa shape index (κ1) is 19.6. The Bertz CT molecular complexity index is 915. The van der Waals surface area contributed by atoms with E-state index in [1.165, 1.54) is 0 Å². The van der Waals surface area contributed by atoms with E-state index in [-0.39, 0.29) is 24.0 Å². The van der Waals surface area contributed by atoms with Gasteiger partial charge in [-0.2, -0.15) is 0 Å². The van der Waals surface area contributed by atoms with Crippen molar-refractivity contribution in [3.8, 4) is 0 Å². The van der Waals surface area contributed by atoms with Crippen molar-refractivity contribution in [3.05, 3.63) is 59.7 Å². The van der Waals surface area contributed by atoms with Crippen molar-refractivity contribution in [2.75, 3.05) is 23.4 Å². The summed E-state index contributed by atoms with van der Waals surface area (Å²) in [6, 6.07) is 14.2. The number of amides is 2. The Morgan fingerprint density at radius 2 is 1.82 bits per heavy atom. The fraction of sp³-hybridized carbons (Fsp3) is 0.318. The van der Waals surface area contributed by atoms with Gasteiger partial charge in [0.05, 0.1) is 5.56 Å². The second-order valence-electron chi connectivity index (χ2n) is 7.79. The van der Waals surface area contributed by atoms with E-state index in [2.05, 4.69) is 5.32 Å². The predicted octanol–water partition coefficient (Wildman–Crippen LogP) is 3.42. The summed E-state index contributed by atoms with van der Waals surface area (Å²) in [7, 11) is 0. The molecule has 2 amide bonds. The SMILES string of the molecule is CC(C)(C)C(=O)Nc1cccc(C(=O)OCC(=O)N2CCc3ccccc32)c1.